The molecule has 0 saturated carbocycles. The van der Waals surface area contributed by atoms with E-state index in [1.807, 2.05) is 66.8 Å². The molecule has 0 aliphatic carbocycles. The van der Waals surface area contributed by atoms with Gasteiger partial charge in [0.25, 0.3) is 5.91 Å². The molecule has 6 nitrogen and oxygen atoms in total. The van der Waals surface area contributed by atoms with Gasteiger partial charge in [-0.05, 0) is 50.5 Å². The number of benzene rings is 1. The predicted octanol–water partition coefficient (Wildman–Crippen LogP) is 3.53. The normalized spacial score (nSPS) is 11.0. The molecule has 0 unspecified atom stereocenters. The second-order valence-corrected chi connectivity index (χ2v) is 7.11. The highest BCUT2D eigenvalue weighted by Gasteiger charge is 2.11. The highest BCUT2D eigenvalue weighted by Crippen LogP contribution is 2.20. The van der Waals surface area contributed by atoms with Crippen molar-refractivity contribution in [2.75, 3.05) is 6.54 Å². The SMILES string of the molecule is Cc1cnn(CCCNC(=O)c2cccc(Cn3nc(C)c(Cl)c3C)c2)c1. The van der Waals surface area contributed by atoms with Gasteiger partial charge in [-0.1, -0.05) is 23.7 Å². The van der Waals surface area contributed by atoms with Crippen molar-refractivity contribution in [2.24, 2.45) is 0 Å². The molecule has 0 bridgehead atoms. The zero-order valence-electron chi connectivity index (χ0n) is 15.9. The van der Waals surface area contributed by atoms with E-state index in [4.69, 9.17) is 11.6 Å². The van der Waals surface area contributed by atoms with Crippen molar-refractivity contribution >= 4 is 17.5 Å². The van der Waals surface area contributed by atoms with Crippen molar-refractivity contribution in [2.45, 2.75) is 40.3 Å². The molecule has 0 fully saturated rings. The molecule has 1 amide bonds. The fourth-order valence-corrected chi connectivity index (χ4v) is 3.08. The standard InChI is InChI=1S/C20H24ClN5O/c1-14-11-23-25(12-14)9-5-8-22-20(27)18-7-4-6-17(10-18)13-26-16(3)19(21)15(2)24-26/h4,6-7,10-12H,5,8-9,13H2,1-3H3,(H,22,27). The monoisotopic (exact) mass is 385 g/mol. The third-order valence-electron chi connectivity index (χ3n) is 4.43. The van der Waals surface area contributed by atoms with Crippen LogP contribution in [0.25, 0.3) is 0 Å². The van der Waals surface area contributed by atoms with Crippen LogP contribution in [0.2, 0.25) is 5.02 Å². The number of halogens is 1. The molecule has 1 N–H and O–H groups in total. The zero-order chi connectivity index (χ0) is 19.4. The number of hydrogen-bond donors (Lipinski definition) is 1. The topological polar surface area (TPSA) is 64.7 Å². The molecule has 0 atom stereocenters. The van der Waals surface area contributed by atoms with E-state index in [9.17, 15) is 4.79 Å². The number of nitrogens with zero attached hydrogens (tertiary/aromatic N) is 4. The Balaban J connectivity index is 1.55. The highest BCUT2D eigenvalue weighted by atomic mass is 35.5. The summed E-state index contributed by atoms with van der Waals surface area (Å²) in [5, 5.41) is 12.3. The van der Waals surface area contributed by atoms with Gasteiger partial charge in [0.15, 0.2) is 0 Å². The summed E-state index contributed by atoms with van der Waals surface area (Å²) < 4.78 is 3.75. The van der Waals surface area contributed by atoms with E-state index in [-0.39, 0.29) is 5.91 Å². The van der Waals surface area contributed by atoms with Gasteiger partial charge in [0.2, 0.25) is 0 Å². The molecular weight excluding hydrogens is 362 g/mol. The predicted molar refractivity (Wildman–Crippen MR) is 106 cm³/mol. The van der Waals surface area contributed by atoms with E-state index in [0.29, 0.717) is 23.7 Å². The smallest absolute Gasteiger partial charge is 0.251 e. The van der Waals surface area contributed by atoms with Crippen LogP contribution >= 0.6 is 11.6 Å². The fourth-order valence-electron chi connectivity index (χ4n) is 2.95. The van der Waals surface area contributed by atoms with Crippen molar-refractivity contribution in [1.29, 1.82) is 0 Å². The molecule has 2 heterocycles. The van der Waals surface area contributed by atoms with Gasteiger partial charge in [-0.3, -0.25) is 14.2 Å². The number of rotatable bonds is 7. The Morgan fingerprint density at radius 3 is 2.74 bits per heavy atom. The van der Waals surface area contributed by atoms with Crippen LogP contribution in [0.3, 0.4) is 0 Å². The molecule has 0 saturated heterocycles. The summed E-state index contributed by atoms with van der Waals surface area (Å²) in [4.78, 5) is 12.4. The Morgan fingerprint density at radius 2 is 2.07 bits per heavy atom. The average molecular weight is 386 g/mol. The second-order valence-electron chi connectivity index (χ2n) is 6.73. The lowest BCUT2D eigenvalue weighted by molar-refractivity contribution is 0.0952. The lowest BCUT2D eigenvalue weighted by Crippen LogP contribution is -2.25. The van der Waals surface area contributed by atoms with Crippen molar-refractivity contribution in [3.05, 3.63) is 69.8 Å². The van der Waals surface area contributed by atoms with Crippen LogP contribution in [-0.2, 0) is 13.1 Å². The minimum absolute atomic E-state index is 0.0695. The molecule has 3 aromatic rings. The van der Waals surface area contributed by atoms with Crippen LogP contribution in [0, 0.1) is 20.8 Å². The molecule has 7 heteroatoms. The number of aromatic nitrogens is 4. The fraction of sp³-hybridized carbons (Fsp3) is 0.350. The first kappa shape index (κ1) is 19.2. The van der Waals surface area contributed by atoms with Crippen LogP contribution in [0.4, 0.5) is 0 Å². The van der Waals surface area contributed by atoms with Crippen molar-refractivity contribution in [1.82, 2.24) is 24.9 Å². The quantitative estimate of drug-likeness (QED) is 0.633. The van der Waals surface area contributed by atoms with Crippen LogP contribution in [0.1, 0.15) is 39.3 Å². The first-order valence-electron chi connectivity index (χ1n) is 8.99. The summed E-state index contributed by atoms with van der Waals surface area (Å²) in [6, 6.07) is 7.60. The second kappa shape index (κ2) is 8.39. The van der Waals surface area contributed by atoms with E-state index in [2.05, 4.69) is 15.5 Å². The lowest BCUT2D eigenvalue weighted by Gasteiger charge is -2.08. The number of carbonyl (C=O) groups is 1. The summed E-state index contributed by atoms with van der Waals surface area (Å²) in [6.07, 6.45) is 4.66. The third kappa shape index (κ3) is 4.77. The molecule has 27 heavy (non-hydrogen) atoms. The van der Waals surface area contributed by atoms with Gasteiger partial charge in [-0.15, -0.1) is 0 Å². The highest BCUT2D eigenvalue weighted by molar-refractivity contribution is 6.31. The number of hydrogen-bond acceptors (Lipinski definition) is 3. The minimum atomic E-state index is -0.0695. The average Bonchev–Trinajstić information content (AvgIpc) is 3.17. The summed E-state index contributed by atoms with van der Waals surface area (Å²) in [5.74, 6) is -0.0695. The zero-order valence-corrected chi connectivity index (χ0v) is 16.6. The van der Waals surface area contributed by atoms with E-state index in [0.717, 1.165) is 35.5 Å². The summed E-state index contributed by atoms with van der Waals surface area (Å²) in [6.45, 7) is 7.82. The maximum absolute atomic E-state index is 12.4. The van der Waals surface area contributed by atoms with Gasteiger partial charge < -0.3 is 5.32 Å². The van der Waals surface area contributed by atoms with E-state index in [1.165, 1.54) is 0 Å². The maximum atomic E-state index is 12.4. The van der Waals surface area contributed by atoms with Crippen LogP contribution < -0.4 is 5.32 Å². The van der Waals surface area contributed by atoms with E-state index in [1.54, 1.807) is 0 Å². The molecule has 142 valence electrons. The molecule has 0 aliphatic heterocycles. The van der Waals surface area contributed by atoms with Gasteiger partial charge >= 0.3 is 0 Å². The van der Waals surface area contributed by atoms with Crippen molar-refractivity contribution < 1.29 is 4.79 Å². The molecule has 0 aliphatic rings. The molecular formula is C20H24ClN5O. The Hall–Kier alpha value is -2.60. The summed E-state index contributed by atoms with van der Waals surface area (Å²) >= 11 is 6.21. The minimum Gasteiger partial charge on any atom is -0.352 e. The maximum Gasteiger partial charge on any atom is 0.251 e. The number of carbonyl (C=O) groups excluding carboxylic acids is 1. The van der Waals surface area contributed by atoms with Crippen LogP contribution in [0.5, 0.6) is 0 Å². The van der Waals surface area contributed by atoms with Gasteiger partial charge in [0, 0.05) is 24.8 Å². The first-order chi connectivity index (χ1) is 12.9. The molecule has 2 aromatic heterocycles. The van der Waals surface area contributed by atoms with E-state index < -0.39 is 0 Å². The number of nitrogens with one attached hydrogen (secondary N) is 1. The summed E-state index contributed by atoms with van der Waals surface area (Å²) in [7, 11) is 0. The van der Waals surface area contributed by atoms with Crippen LogP contribution in [0.15, 0.2) is 36.7 Å². The number of amides is 1. The Bertz CT molecular complexity index is 944. The van der Waals surface area contributed by atoms with Crippen molar-refractivity contribution in [3.8, 4) is 0 Å². The molecule has 1 aromatic carbocycles. The lowest BCUT2D eigenvalue weighted by atomic mass is 10.1. The molecule has 0 radical (unpaired) electrons. The molecule has 3 rings (SSSR count). The van der Waals surface area contributed by atoms with Gasteiger partial charge in [-0.2, -0.15) is 10.2 Å². The van der Waals surface area contributed by atoms with E-state index >= 15 is 0 Å². The van der Waals surface area contributed by atoms with Gasteiger partial charge in [-0.25, -0.2) is 0 Å². The Kier molecular flexibility index (Phi) is 5.96. The number of aryl methyl sites for hydroxylation is 3. The van der Waals surface area contributed by atoms with Gasteiger partial charge in [0.1, 0.15) is 0 Å². The Morgan fingerprint density at radius 1 is 1.26 bits per heavy atom. The van der Waals surface area contributed by atoms with Crippen LogP contribution in [-0.4, -0.2) is 32.0 Å². The Labute approximate surface area is 164 Å². The summed E-state index contributed by atoms with van der Waals surface area (Å²) in [5.41, 5.74) is 4.54. The third-order valence-corrected chi connectivity index (χ3v) is 4.97. The molecule has 0 spiro atoms. The first-order valence-corrected chi connectivity index (χ1v) is 9.37. The largest absolute Gasteiger partial charge is 0.352 e. The van der Waals surface area contributed by atoms with Crippen molar-refractivity contribution in [3.63, 3.8) is 0 Å². The van der Waals surface area contributed by atoms with Gasteiger partial charge in [0.05, 0.1) is 29.2 Å².